The molecule has 7 heteroatoms. The molecule has 0 atom stereocenters. The first-order valence-electron chi connectivity index (χ1n) is 7.50. The highest BCUT2D eigenvalue weighted by Gasteiger charge is 2.35. The fourth-order valence-corrected chi connectivity index (χ4v) is 2.96. The number of fused-ring (bicyclic) bond motifs is 1. The Kier molecular flexibility index (Phi) is 4.30. The number of rotatable bonds is 3. The number of ether oxygens (including phenoxy) is 1. The van der Waals surface area contributed by atoms with Crippen LogP contribution >= 0.6 is 0 Å². The van der Waals surface area contributed by atoms with Crippen molar-refractivity contribution < 1.29 is 22.7 Å². The van der Waals surface area contributed by atoms with Gasteiger partial charge in [0, 0.05) is 30.2 Å². The van der Waals surface area contributed by atoms with Crippen LogP contribution in [0.1, 0.15) is 18.4 Å². The van der Waals surface area contributed by atoms with Gasteiger partial charge in [0.1, 0.15) is 0 Å². The van der Waals surface area contributed by atoms with Crippen molar-refractivity contribution in [2.24, 2.45) is 0 Å². The summed E-state index contributed by atoms with van der Waals surface area (Å²) in [5.41, 5.74) is 1.87. The van der Waals surface area contributed by atoms with Gasteiger partial charge in [-0.15, -0.1) is 13.2 Å². The van der Waals surface area contributed by atoms with Crippen molar-refractivity contribution in [1.29, 1.82) is 0 Å². The summed E-state index contributed by atoms with van der Waals surface area (Å²) < 4.78 is 40.6. The minimum absolute atomic E-state index is 0.0692. The molecule has 0 spiro atoms. The predicted octanol–water partition coefficient (Wildman–Crippen LogP) is 3.24. The Morgan fingerprint density at radius 2 is 1.96 bits per heavy atom. The summed E-state index contributed by atoms with van der Waals surface area (Å²) in [6, 6.07) is 7.70. The first-order valence-corrected chi connectivity index (χ1v) is 7.50. The van der Waals surface area contributed by atoms with E-state index in [0.717, 1.165) is 16.5 Å². The van der Waals surface area contributed by atoms with Crippen LogP contribution in [0.4, 0.5) is 13.2 Å². The van der Waals surface area contributed by atoms with Gasteiger partial charge >= 0.3 is 6.36 Å². The first kappa shape index (κ1) is 15.9. The lowest BCUT2D eigenvalue weighted by molar-refractivity contribution is -0.345. The summed E-state index contributed by atoms with van der Waals surface area (Å²) in [7, 11) is 0. The molecular weight excluding hydrogens is 309 g/mol. The van der Waals surface area contributed by atoms with Crippen molar-refractivity contribution >= 4 is 16.8 Å². The zero-order chi connectivity index (χ0) is 16.4. The van der Waals surface area contributed by atoms with Crippen LogP contribution in [0.25, 0.3) is 10.9 Å². The fraction of sp³-hybridized carbons (Fsp3) is 0.438. The lowest BCUT2D eigenvalue weighted by Crippen LogP contribution is -2.42. The van der Waals surface area contributed by atoms with Crippen LogP contribution in [-0.2, 0) is 16.0 Å². The molecular formula is C16H17F3N2O2. The van der Waals surface area contributed by atoms with Gasteiger partial charge in [0.15, 0.2) is 0 Å². The average molecular weight is 326 g/mol. The van der Waals surface area contributed by atoms with Crippen LogP contribution in [0, 0.1) is 0 Å². The van der Waals surface area contributed by atoms with E-state index in [1.54, 1.807) is 4.90 Å². The highest BCUT2D eigenvalue weighted by molar-refractivity contribution is 5.88. The van der Waals surface area contributed by atoms with Gasteiger partial charge in [-0.05, 0) is 24.5 Å². The summed E-state index contributed by atoms with van der Waals surface area (Å²) in [6.07, 6.45) is -3.00. The summed E-state index contributed by atoms with van der Waals surface area (Å²) in [5.74, 6) is -0.0692. The monoisotopic (exact) mass is 326 g/mol. The van der Waals surface area contributed by atoms with Crippen LogP contribution in [0.15, 0.2) is 30.5 Å². The molecule has 0 saturated carbocycles. The Bertz CT molecular complexity index is 688. The molecule has 23 heavy (non-hydrogen) atoms. The lowest BCUT2D eigenvalue weighted by Gasteiger charge is -2.32. The maximum Gasteiger partial charge on any atom is 0.522 e. The molecule has 4 nitrogen and oxygen atoms in total. The van der Waals surface area contributed by atoms with Gasteiger partial charge in [0.25, 0.3) is 0 Å². The minimum Gasteiger partial charge on any atom is -0.361 e. The molecule has 124 valence electrons. The highest BCUT2D eigenvalue weighted by Crippen LogP contribution is 2.25. The Morgan fingerprint density at radius 1 is 1.26 bits per heavy atom. The number of nitrogens with one attached hydrogen (secondary N) is 1. The number of alkyl halides is 3. The smallest absolute Gasteiger partial charge is 0.361 e. The van der Waals surface area contributed by atoms with Gasteiger partial charge in [-0.1, -0.05) is 18.2 Å². The van der Waals surface area contributed by atoms with Crippen molar-refractivity contribution in [2.75, 3.05) is 13.1 Å². The number of para-hydroxylation sites is 1. The Morgan fingerprint density at radius 3 is 2.65 bits per heavy atom. The molecule has 1 aliphatic rings. The number of H-pyrrole nitrogens is 1. The van der Waals surface area contributed by atoms with E-state index in [1.807, 2.05) is 30.5 Å². The Balaban J connectivity index is 1.58. The Labute approximate surface area is 131 Å². The second-order valence-electron chi connectivity index (χ2n) is 5.68. The highest BCUT2D eigenvalue weighted by atomic mass is 19.4. The zero-order valence-electron chi connectivity index (χ0n) is 12.4. The number of carbonyl (C=O) groups is 1. The normalized spacial score (nSPS) is 16.9. The molecule has 0 bridgehead atoms. The number of likely N-dealkylation sites (tertiary alicyclic amines) is 1. The second-order valence-corrected chi connectivity index (χ2v) is 5.68. The second kappa shape index (κ2) is 6.23. The quantitative estimate of drug-likeness (QED) is 0.941. The number of benzene rings is 1. The molecule has 1 N–H and O–H groups in total. The first-order chi connectivity index (χ1) is 10.9. The van der Waals surface area contributed by atoms with Crippen molar-refractivity contribution in [1.82, 2.24) is 9.88 Å². The fourth-order valence-electron chi connectivity index (χ4n) is 2.96. The Hall–Kier alpha value is -2.02. The molecule has 1 aliphatic heterocycles. The van der Waals surface area contributed by atoms with Gasteiger partial charge < -0.3 is 9.88 Å². The van der Waals surface area contributed by atoms with E-state index in [4.69, 9.17) is 0 Å². The summed E-state index contributed by atoms with van der Waals surface area (Å²) in [4.78, 5) is 17.1. The van der Waals surface area contributed by atoms with Crippen molar-refractivity contribution in [3.8, 4) is 0 Å². The molecule has 1 fully saturated rings. The van der Waals surface area contributed by atoms with Crippen molar-refractivity contribution in [2.45, 2.75) is 31.7 Å². The van der Waals surface area contributed by atoms with Gasteiger partial charge in [-0.25, -0.2) is 0 Å². The summed E-state index contributed by atoms with van der Waals surface area (Å²) in [5, 5.41) is 0.996. The molecule has 1 aromatic carbocycles. The van der Waals surface area contributed by atoms with E-state index in [0.29, 0.717) is 13.1 Å². The standard InChI is InChI=1S/C16H17F3N2O2/c17-16(18,19)23-12-5-7-21(8-6-12)15(22)9-11-10-20-14-4-2-1-3-13(11)14/h1-4,10,12,20H,5-9H2. The van der Waals surface area contributed by atoms with Gasteiger partial charge in [-0.3, -0.25) is 9.53 Å². The number of piperidine rings is 1. The van der Waals surface area contributed by atoms with Crippen LogP contribution < -0.4 is 0 Å². The molecule has 0 aliphatic carbocycles. The van der Waals surface area contributed by atoms with Crippen LogP contribution in [0.5, 0.6) is 0 Å². The van der Waals surface area contributed by atoms with Crippen LogP contribution in [0.3, 0.4) is 0 Å². The molecule has 0 radical (unpaired) electrons. The van der Waals surface area contributed by atoms with Gasteiger partial charge in [-0.2, -0.15) is 0 Å². The number of halogens is 3. The van der Waals surface area contributed by atoms with Crippen LogP contribution in [-0.4, -0.2) is 41.3 Å². The third-order valence-corrected chi connectivity index (χ3v) is 4.11. The third kappa shape index (κ3) is 3.85. The average Bonchev–Trinajstić information content (AvgIpc) is 2.90. The predicted molar refractivity (Wildman–Crippen MR) is 78.7 cm³/mol. The number of amides is 1. The third-order valence-electron chi connectivity index (χ3n) is 4.11. The summed E-state index contributed by atoms with van der Waals surface area (Å²) >= 11 is 0. The molecule has 1 saturated heterocycles. The maximum atomic E-state index is 12.4. The lowest BCUT2D eigenvalue weighted by atomic mass is 10.1. The molecule has 2 heterocycles. The topological polar surface area (TPSA) is 45.3 Å². The van der Waals surface area contributed by atoms with E-state index >= 15 is 0 Å². The number of aromatic nitrogens is 1. The number of aromatic amines is 1. The molecule has 3 rings (SSSR count). The van der Waals surface area contributed by atoms with E-state index in [1.165, 1.54) is 0 Å². The SMILES string of the molecule is O=C(Cc1c[nH]c2ccccc12)N1CCC(OC(F)(F)F)CC1. The molecule has 2 aromatic rings. The molecule has 1 amide bonds. The van der Waals surface area contributed by atoms with Gasteiger partial charge in [0.2, 0.25) is 5.91 Å². The number of nitrogens with zero attached hydrogens (tertiary/aromatic N) is 1. The van der Waals surface area contributed by atoms with Crippen LogP contribution in [0.2, 0.25) is 0 Å². The van der Waals surface area contributed by atoms with Gasteiger partial charge in [0.05, 0.1) is 12.5 Å². The molecule has 1 aromatic heterocycles. The van der Waals surface area contributed by atoms with Crippen molar-refractivity contribution in [3.05, 3.63) is 36.0 Å². The maximum absolute atomic E-state index is 12.4. The van der Waals surface area contributed by atoms with E-state index in [-0.39, 0.29) is 25.2 Å². The van der Waals surface area contributed by atoms with E-state index in [9.17, 15) is 18.0 Å². The minimum atomic E-state index is -4.61. The number of hydrogen-bond acceptors (Lipinski definition) is 2. The number of hydrogen-bond donors (Lipinski definition) is 1. The van der Waals surface area contributed by atoms with E-state index < -0.39 is 12.5 Å². The largest absolute Gasteiger partial charge is 0.522 e. The molecule has 0 unspecified atom stereocenters. The van der Waals surface area contributed by atoms with E-state index in [2.05, 4.69) is 9.72 Å². The number of carbonyl (C=O) groups excluding carboxylic acids is 1. The zero-order valence-corrected chi connectivity index (χ0v) is 12.4. The summed E-state index contributed by atoms with van der Waals surface area (Å²) in [6.45, 7) is 0.587. The van der Waals surface area contributed by atoms with Crippen molar-refractivity contribution in [3.63, 3.8) is 0 Å².